The molecule has 0 unspecified atom stereocenters. The smallest absolute Gasteiger partial charge is 0.258 e. The second-order valence-corrected chi connectivity index (χ2v) is 5.41. The predicted molar refractivity (Wildman–Crippen MR) is 87.8 cm³/mol. The molecule has 122 valence electrons. The predicted octanol–water partition coefficient (Wildman–Crippen LogP) is 2.62. The van der Waals surface area contributed by atoms with Gasteiger partial charge < -0.3 is 15.0 Å². The summed E-state index contributed by atoms with van der Waals surface area (Å²) >= 11 is 0. The molecule has 1 N–H and O–H groups in total. The van der Waals surface area contributed by atoms with Gasteiger partial charge in [-0.05, 0) is 31.8 Å². The van der Waals surface area contributed by atoms with Crippen LogP contribution in [0, 0.1) is 5.82 Å². The van der Waals surface area contributed by atoms with E-state index in [1.54, 1.807) is 12.1 Å². The lowest BCUT2D eigenvalue weighted by atomic mass is 10.1. The Hall–Kier alpha value is -2.40. The van der Waals surface area contributed by atoms with Gasteiger partial charge in [-0.15, -0.1) is 0 Å². The zero-order valence-corrected chi connectivity index (χ0v) is 13.3. The molecular weight excluding hydrogens is 295 g/mol. The van der Waals surface area contributed by atoms with E-state index < -0.39 is 5.82 Å². The van der Waals surface area contributed by atoms with Crippen molar-refractivity contribution in [3.05, 3.63) is 66.0 Å². The first-order valence-electron chi connectivity index (χ1n) is 7.43. The summed E-state index contributed by atoms with van der Waals surface area (Å²) in [4.78, 5) is 13.9. The van der Waals surface area contributed by atoms with Gasteiger partial charge in [0.05, 0.1) is 6.04 Å². The van der Waals surface area contributed by atoms with E-state index in [1.807, 2.05) is 49.3 Å². The topological polar surface area (TPSA) is 41.6 Å². The minimum absolute atomic E-state index is 0.0635. The van der Waals surface area contributed by atoms with Crippen LogP contribution in [-0.4, -0.2) is 38.1 Å². The molecule has 2 aromatic carbocycles. The molecule has 2 aromatic rings. The van der Waals surface area contributed by atoms with Gasteiger partial charge in [0.15, 0.2) is 18.2 Å². The van der Waals surface area contributed by atoms with E-state index in [4.69, 9.17) is 4.74 Å². The second-order valence-electron chi connectivity index (χ2n) is 5.41. The van der Waals surface area contributed by atoms with Crippen molar-refractivity contribution < 1.29 is 13.9 Å². The number of para-hydroxylation sites is 1. The largest absolute Gasteiger partial charge is 0.481 e. The first kappa shape index (κ1) is 17.0. The first-order chi connectivity index (χ1) is 11.1. The van der Waals surface area contributed by atoms with Crippen LogP contribution >= 0.6 is 0 Å². The molecule has 0 radical (unpaired) electrons. The van der Waals surface area contributed by atoms with Gasteiger partial charge in [-0.3, -0.25) is 4.79 Å². The van der Waals surface area contributed by atoms with Crippen molar-refractivity contribution in [2.45, 2.75) is 6.04 Å². The third-order valence-electron chi connectivity index (χ3n) is 3.50. The summed E-state index contributed by atoms with van der Waals surface area (Å²) in [6, 6.07) is 16.0. The molecule has 0 aliphatic carbocycles. The standard InChI is InChI=1S/C18H21FN2O2/c1-21(2)16(14-8-4-3-5-9-14)12-20-18(22)13-23-17-11-7-6-10-15(17)19/h3-11,16H,12-13H2,1-2H3,(H,20,22)/t16-/m1/s1. The fraction of sp³-hybridized carbons (Fsp3) is 0.278. The van der Waals surface area contributed by atoms with E-state index in [1.165, 1.54) is 12.1 Å². The fourth-order valence-electron chi connectivity index (χ4n) is 2.24. The normalized spacial score (nSPS) is 12.0. The van der Waals surface area contributed by atoms with Crippen LogP contribution < -0.4 is 10.1 Å². The van der Waals surface area contributed by atoms with E-state index in [9.17, 15) is 9.18 Å². The minimum Gasteiger partial charge on any atom is -0.481 e. The van der Waals surface area contributed by atoms with Gasteiger partial charge in [0.1, 0.15) is 0 Å². The second kappa shape index (κ2) is 8.29. The van der Waals surface area contributed by atoms with Crippen LogP contribution in [0.2, 0.25) is 0 Å². The van der Waals surface area contributed by atoms with Gasteiger partial charge in [0, 0.05) is 6.54 Å². The van der Waals surface area contributed by atoms with Gasteiger partial charge >= 0.3 is 0 Å². The number of rotatable bonds is 7. The maximum absolute atomic E-state index is 13.4. The molecule has 0 spiro atoms. The molecule has 4 nitrogen and oxygen atoms in total. The molecular formula is C18H21FN2O2. The van der Waals surface area contributed by atoms with E-state index in [0.29, 0.717) is 6.54 Å². The van der Waals surface area contributed by atoms with Crippen LogP contribution in [0.4, 0.5) is 4.39 Å². The Morgan fingerprint density at radius 1 is 1.13 bits per heavy atom. The highest BCUT2D eigenvalue weighted by molar-refractivity contribution is 5.77. The number of amides is 1. The maximum atomic E-state index is 13.4. The molecule has 1 amide bonds. The van der Waals surface area contributed by atoms with Gasteiger partial charge in [0.25, 0.3) is 5.91 Å². The van der Waals surface area contributed by atoms with Gasteiger partial charge in [-0.2, -0.15) is 0 Å². The number of carbonyl (C=O) groups excluding carboxylic acids is 1. The molecule has 23 heavy (non-hydrogen) atoms. The monoisotopic (exact) mass is 316 g/mol. The van der Waals surface area contributed by atoms with Crippen molar-refractivity contribution in [1.82, 2.24) is 10.2 Å². The highest BCUT2D eigenvalue weighted by atomic mass is 19.1. The molecule has 0 aromatic heterocycles. The average Bonchev–Trinajstić information content (AvgIpc) is 2.55. The number of ether oxygens (including phenoxy) is 1. The Morgan fingerprint density at radius 2 is 1.78 bits per heavy atom. The van der Waals surface area contributed by atoms with E-state index >= 15 is 0 Å². The summed E-state index contributed by atoms with van der Waals surface area (Å²) < 4.78 is 18.6. The van der Waals surface area contributed by atoms with Crippen molar-refractivity contribution in [2.24, 2.45) is 0 Å². The Kier molecular flexibility index (Phi) is 6.11. The summed E-state index contributed by atoms with van der Waals surface area (Å²) in [7, 11) is 3.92. The SMILES string of the molecule is CN(C)[C@H](CNC(=O)COc1ccccc1F)c1ccccc1. The van der Waals surface area contributed by atoms with Crippen LogP contribution in [-0.2, 0) is 4.79 Å². The van der Waals surface area contributed by atoms with E-state index in [0.717, 1.165) is 5.56 Å². The number of nitrogens with one attached hydrogen (secondary N) is 1. The fourth-order valence-corrected chi connectivity index (χ4v) is 2.24. The lowest BCUT2D eigenvalue weighted by Gasteiger charge is -2.25. The Labute approximate surface area is 135 Å². The van der Waals surface area contributed by atoms with Crippen molar-refractivity contribution in [2.75, 3.05) is 27.2 Å². The molecule has 1 atom stereocenters. The Balaban J connectivity index is 1.86. The average molecular weight is 316 g/mol. The molecule has 0 heterocycles. The summed E-state index contributed by atoms with van der Waals surface area (Å²) in [5.41, 5.74) is 1.12. The van der Waals surface area contributed by atoms with Crippen molar-refractivity contribution in [1.29, 1.82) is 0 Å². The molecule has 0 aliphatic heterocycles. The Morgan fingerprint density at radius 3 is 2.43 bits per heavy atom. The van der Waals surface area contributed by atoms with Crippen molar-refractivity contribution in [3.8, 4) is 5.75 Å². The number of carbonyl (C=O) groups is 1. The van der Waals surface area contributed by atoms with Gasteiger partial charge in [-0.1, -0.05) is 42.5 Å². The Bertz CT molecular complexity index is 632. The molecule has 5 heteroatoms. The van der Waals surface area contributed by atoms with E-state index in [2.05, 4.69) is 5.32 Å². The first-order valence-corrected chi connectivity index (χ1v) is 7.43. The third kappa shape index (κ3) is 5.07. The highest BCUT2D eigenvalue weighted by Gasteiger charge is 2.15. The lowest BCUT2D eigenvalue weighted by molar-refractivity contribution is -0.123. The summed E-state index contributed by atoms with van der Waals surface area (Å²) in [6.45, 7) is 0.242. The van der Waals surface area contributed by atoms with Crippen LogP contribution in [0.1, 0.15) is 11.6 Å². The number of benzene rings is 2. The summed E-state index contributed by atoms with van der Waals surface area (Å²) in [6.07, 6.45) is 0. The molecule has 0 aliphatic rings. The molecule has 0 saturated carbocycles. The lowest BCUT2D eigenvalue weighted by Crippen LogP contribution is -2.36. The van der Waals surface area contributed by atoms with Gasteiger partial charge in [0.2, 0.25) is 0 Å². The zero-order valence-electron chi connectivity index (χ0n) is 13.3. The summed E-state index contributed by atoms with van der Waals surface area (Å²) in [5.74, 6) is -0.679. The van der Waals surface area contributed by atoms with Crippen LogP contribution in [0.3, 0.4) is 0 Å². The molecule has 0 saturated heterocycles. The molecule has 0 bridgehead atoms. The zero-order chi connectivity index (χ0) is 16.7. The number of halogens is 1. The van der Waals surface area contributed by atoms with Crippen LogP contribution in [0.5, 0.6) is 5.75 Å². The number of hydrogen-bond acceptors (Lipinski definition) is 3. The summed E-state index contributed by atoms with van der Waals surface area (Å²) in [5, 5.41) is 2.82. The quantitative estimate of drug-likeness (QED) is 0.854. The van der Waals surface area contributed by atoms with E-state index in [-0.39, 0.29) is 24.3 Å². The highest BCUT2D eigenvalue weighted by Crippen LogP contribution is 2.17. The maximum Gasteiger partial charge on any atom is 0.258 e. The number of nitrogens with zero attached hydrogens (tertiary/aromatic N) is 1. The third-order valence-corrected chi connectivity index (χ3v) is 3.50. The number of likely N-dealkylation sites (N-methyl/N-ethyl adjacent to an activating group) is 1. The van der Waals surface area contributed by atoms with Gasteiger partial charge in [-0.25, -0.2) is 4.39 Å². The van der Waals surface area contributed by atoms with Crippen molar-refractivity contribution in [3.63, 3.8) is 0 Å². The van der Waals surface area contributed by atoms with Crippen molar-refractivity contribution >= 4 is 5.91 Å². The minimum atomic E-state index is -0.476. The van der Waals surface area contributed by atoms with Crippen LogP contribution in [0.25, 0.3) is 0 Å². The molecule has 2 rings (SSSR count). The van der Waals surface area contributed by atoms with Crippen LogP contribution in [0.15, 0.2) is 54.6 Å². The molecule has 0 fully saturated rings. The number of hydrogen-bond donors (Lipinski definition) is 1.